The van der Waals surface area contributed by atoms with Gasteiger partial charge in [0.1, 0.15) is 0 Å². The molecular formula is C17H27NO. The van der Waals surface area contributed by atoms with Crippen molar-refractivity contribution in [1.82, 2.24) is 5.32 Å². The van der Waals surface area contributed by atoms with E-state index in [0.717, 1.165) is 12.5 Å². The number of ether oxygens (including phenoxy) is 1. The van der Waals surface area contributed by atoms with Crippen LogP contribution in [0, 0.1) is 5.92 Å². The van der Waals surface area contributed by atoms with Crippen LogP contribution in [0.15, 0.2) is 30.3 Å². The maximum atomic E-state index is 6.51. The second-order valence-corrected chi connectivity index (χ2v) is 6.09. The van der Waals surface area contributed by atoms with Gasteiger partial charge in [0.05, 0.1) is 11.7 Å². The van der Waals surface area contributed by atoms with Crippen molar-refractivity contribution in [2.24, 2.45) is 5.92 Å². The Balaban J connectivity index is 2.08. The number of hydrogen-bond acceptors (Lipinski definition) is 2. The van der Waals surface area contributed by atoms with Crippen molar-refractivity contribution in [1.29, 1.82) is 0 Å². The first-order valence-electron chi connectivity index (χ1n) is 7.52. The molecule has 2 rings (SSSR count). The Kier molecular flexibility index (Phi) is 5.00. The number of likely N-dealkylation sites (N-methyl/N-ethyl adjacent to an activating group) is 1. The fraction of sp³-hybridized carbons (Fsp3) is 0.647. The van der Waals surface area contributed by atoms with Gasteiger partial charge >= 0.3 is 0 Å². The van der Waals surface area contributed by atoms with Crippen molar-refractivity contribution < 1.29 is 4.74 Å². The molecule has 1 N–H and O–H groups in total. The van der Waals surface area contributed by atoms with Crippen molar-refractivity contribution >= 4 is 0 Å². The van der Waals surface area contributed by atoms with Gasteiger partial charge in [-0.15, -0.1) is 0 Å². The molecule has 1 saturated carbocycles. The molecule has 0 saturated heterocycles. The van der Waals surface area contributed by atoms with Crippen LogP contribution < -0.4 is 5.32 Å². The van der Waals surface area contributed by atoms with Gasteiger partial charge < -0.3 is 10.1 Å². The van der Waals surface area contributed by atoms with Gasteiger partial charge in [0, 0.05) is 6.54 Å². The van der Waals surface area contributed by atoms with Crippen LogP contribution in [0.5, 0.6) is 0 Å². The summed E-state index contributed by atoms with van der Waals surface area (Å²) in [5, 5.41) is 3.33. The molecule has 0 amide bonds. The molecule has 1 fully saturated rings. The smallest absolute Gasteiger partial charge is 0.0816 e. The summed E-state index contributed by atoms with van der Waals surface area (Å²) >= 11 is 0. The fourth-order valence-corrected chi connectivity index (χ4v) is 3.41. The fourth-order valence-electron chi connectivity index (χ4n) is 3.41. The highest BCUT2D eigenvalue weighted by Crippen LogP contribution is 2.38. The van der Waals surface area contributed by atoms with Crippen molar-refractivity contribution in [3.05, 3.63) is 35.9 Å². The standard InChI is InChI=1S/C17H27NO/c1-14-8-7-11-17(12-14,13-18-3)19-15(2)16-9-5-4-6-10-16/h4-6,9-10,14-15,18H,7-8,11-13H2,1-3H3. The molecule has 19 heavy (non-hydrogen) atoms. The lowest BCUT2D eigenvalue weighted by Gasteiger charge is -2.42. The Hall–Kier alpha value is -0.860. The van der Waals surface area contributed by atoms with Crippen LogP contribution in [0.4, 0.5) is 0 Å². The summed E-state index contributed by atoms with van der Waals surface area (Å²) in [6, 6.07) is 10.5. The van der Waals surface area contributed by atoms with E-state index in [-0.39, 0.29) is 11.7 Å². The highest BCUT2D eigenvalue weighted by atomic mass is 16.5. The summed E-state index contributed by atoms with van der Waals surface area (Å²) in [5.41, 5.74) is 1.29. The molecular weight excluding hydrogens is 234 g/mol. The number of rotatable bonds is 5. The monoisotopic (exact) mass is 261 g/mol. The molecule has 0 spiro atoms. The lowest BCUT2D eigenvalue weighted by atomic mass is 9.78. The molecule has 0 bridgehead atoms. The summed E-state index contributed by atoms with van der Waals surface area (Å²) in [6.45, 7) is 5.47. The van der Waals surface area contributed by atoms with E-state index in [1.165, 1.54) is 31.2 Å². The van der Waals surface area contributed by atoms with Gasteiger partial charge in [-0.2, -0.15) is 0 Å². The van der Waals surface area contributed by atoms with E-state index in [1.807, 2.05) is 7.05 Å². The van der Waals surface area contributed by atoms with Gasteiger partial charge in [-0.25, -0.2) is 0 Å². The van der Waals surface area contributed by atoms with Crippen molar-refractivity contribution in [3.63, 3.8) is 0 Å². The third-order valence-corrected chi connectivity index (χ3v) is 4.24. The quantitative estimate of drug-likeness (QED) is 0.867. The first kappa shape index (κ1) is 14.5. The molecule has 0 aromatic heterocycles. The minimum Gasteiger partial charge on any atom is -0.366 e. The van der Waals surface area contributed by atoms with Crippen molar-refractivity contribution in [3.8, 4) is 0 Å². The maximum absolute atomic E-state index is 6.51. The summed E-state index contributed by atoms with van der Waals surface area (Å²) in [4.78, 5) is 0. The predicted octanol–water partition coefficient (Wildman–Crippen LogP) is 3.93. The second-order valence-electron chi connectivity index (χ2n) is 6.09. The average molecular weight is 261 g/mol. The van der Waals surface area contributed by atoms with Crippen LogP contribution in [0.1, 0.15) is 51.2 Å². The number of nitrogens with one attached hydrogen (secondary N) is 1. The second kappa shape index (κ2) is 6.53. The Morgan fingerprint density at radius 2 is 2.11 bits per heavy atom. The molecule has 1 aromatic rings. The third-order valence-electron chi connectivity index (χ3n) is 4.24. The van der Waals surface area contributed by atoms with Gasteiger partial charge in [-0.05, 0) is 38.3 Å². The van der Waals surface area contributed by atoms with Gasteiger partial charge in [-0.1, -0.05) is 50.1 Å². The van der Waals surface area contributed by atoms with Crippen LogP contribution in [-0.4, -0.2) is 19.2 Å². The molecule has 0 aliphatic heterocycles. The van der Waals surface area contributed by atoms with E-state index >= 15 is 0 Å². The first-order chi connectivity index (χ1) is 9.15. The lowest BCUT2D eigenvalue weighted by Crippen LogP contribution is -2.46. The minimum absolute atomic E-state index is 0.0156. The minimum atomic E-state index is 0.0156. The van der Waals surface area contributed by atoms with Crippen LogP contribution in [-0.2, 0) is 4.74 Å². The molecule has 1 aliphatic rings. The molecule has 3 unspecified atom stereocenters. The molecule has 1 aliphatic carbocycles. The highest BCUT2D eigenvalue weighted by molar-refractivity contribution is 5.17. The zero-order valence-electron chi connectivity index (χ0n) is 12.5. The summed E-state index contributed by atoms with van der Waals surface area (Å²) in [6.07, 6.45) is 5.14. The number of benzene rings is 1. The van der Waals surface area contributed by atoms with Gasteiger partial charge in [0.15, 0.2) is 0 Å². The Bertz CT molecular complexity index is 374. The van der Waals surface area contributed by atoms with Crippen LogP contribution in [0.25, 0.3) is 0 Å². The summed E-state index contributed by atoms with van der Waals surface area (Å²) in [7, 11) is 2.03. The largest absolute Gasteiger partial charge is 0.366 e. The van der Waals surface area contributed by atoms with Crippen LogP contribution in [0.2, 0.25) is 0 Å². The molecule has 106 valence electrons. The topological polar surface area (TPSA) is 21.3 Å². The third kappa shape index (κ3) is 3.80. The van der Waals surface area contributed by atoms with Crippen molar-refractivity contribution in [2.75, 3.05) is 13.6 Å². The molecule has 3 atom stereocenters. The van der Waals surface area contributed by atoms with E-state index in [9.17, 15) is 0 Å². The Labute approximate surface area is 117 Å². The van der Waals surface area contributed by atoms with Crippen molar-refractivity contribution in [2.45, 2.75) is 51.2 Å². The Morgan fingerprint density at radius 1 is 1.37 bits per heavy atom. The normalized spacial score (nSPS) is 29.1. The zero-order valence-corrected chi connectivity index (χ0v) is 12.5. The van der Waals surface area contributed by atoms with Gasteiger partial charge in [0.2, 0.25) is 0 Å². The molecule has 0 radical (unpaired) electrons. The molecule has 0 heterocycles. The van der Waals surface area contributed by atoms with E-state index in [2.05, 4.69) is 49.5 Å². The lowest BCUT2D eigenvalue weighted by molar-refractivity contribution is -0.116. The first-order valence-corrected chi connectivity index (χ1v) is 7.52. The van der Waals surface area contributed by atoms with E-state index in [0.29, 0.717) is 0 Å². The van der Waals surface area contributed by atoms with Gasteiger partial charge in [0.25, 0.3) is 0 Å². The van der Waals surface area contributed by atoms with Crippen LogP contribution >= 0.6 is 0 Å². The van der Waals surface area contributed by atoms with E-state index in [4.69, 9.17) is 4.74 Å². The average Bonchev–Trinajstić information content (AvgIpc) is 2.40. The van der Waals surface area contributed by atoms with E-state index in [1.54, 1.807) is 0 Å². The zero-order chi connectivity index (χ0) is 13.7. The van der Waals surface area contributed by atoms with Crippen LogP contribution in [0.3, 0.4) is 0 Å². The summed E-state index contributed by atoms with van der Waals surface area (Å²) in [5.74, 6) is 0.769. The predicted molar refractivity (Wildman–Crippen MR) is 80.2 cm³/mol. The van der Waals surface area contributed by atoms with E-state index < -0.39 is 0 Å². The molecule has 1 aromatic carbocycles. The van der Waals surface area contributed by atoms with Gasteiger partial charge in [-0.3, -0.25) is 0 Å². The SMILES string of the molecule is CNCC1(OC(C)c2ccccc2)CCCC(C)C1. The highest BCUT2D eigenvalue weighted by Gasteiger charge is 2.36. The molecule has 2 nitrogen and oxygen atoms in total. The maximum Gasteiger partial charge on any atom is 0.0816 e. The summed E-state index contributed by atoms with van der Waals surface area (Å²) < 4.78 is 6.51. The molecule has 2 heteroatoms. The Morgan fingerprint density at radius 3 is 2.74 bits per heavy atom. The number of hydrogen-bond donors (Lipinski definition) is 1.